The minimum absolute atomic E-state index is 0.368. The van der Waals surface area contributed by atoms with Gasteiger partial charge in [-0.15, -0.1) is 10.2 Å². The van der Waals surface area contributed by atoms with Gasteiger partial charge >= 0.3 is 0 Å². The van der Waals surface area contributed by atoms with Gasteiger partial charge in [0, 0.05) is 24.4 Å². The van der Waals surface area contributed by atoms with Gasteiger partial charge in [-0.2, -0.15) is 0 Å². The number of thioether (sulfide) groups is 1. The molecule has 0 radical (unpaired) electrons. The third-order valence-corrected chi connectivity index (χ3v) is 6.35. The van der Waals surface area contributed by atoms with Gasteiger partial charge in [0.1, 0.15) is 0 Å². The molecular formula is C18H24N4OS. The molecular weight excluding hydrogens is 320 g/mol. The molecule has 0 spiro atoms. The predicted octanol–water partition coefficient (Wildman–Crippen LogP) is 3.45. The van der Waals surface area contributed by atoms with Gasteiger partial charge in [-0.25, -0.2) is 4.68 Å². The molecule has 2 aliphatic rings. The molecule has 1 aromatic heterocycles. The van der Waals surface area contributed by atoms with Crippen molar-refractivity contribution < 1.29 is 4.74 Å². The molecule has 1 fully saturated rings. The van der Waals surface area contributed by atoms with E-state index in [0.717, 1.165) is 37.0 Å². The Kier molecular flexibility index (Phi) is 4.76. The molecule has 24 heavy (non-hydrogen) atoms. The van der Waals surface area contributed by atoms with Crippen LogP contribution in [0.4, 0.5) is 0 Å². The Bertz CT molecular complexity index is 696. The maximum absolute atomic E-state index is 6.34. The molecule has 0 saturated carbocycles. The van der Waals surface area contributed by atoms with Crippen LogP contribution in [0.5, 0.6) is 0 Å². The normalized spacial score (nSPS) is 22.1. The van der Waals surface area contributed by atoms with Crippen molar-refractivity contribution in [3.8, 4) is 0 Å². The lowest BCUT2D eigenvalue weighted by Gasteiger charge is -2.21. The molecule has 2 heterocycles. The van der Waals surface area contributed by atoms with Crippen molar-refractivity contribution in [1.82, 2.24) is 14.9 Å². The Hall–Kier alpha value is -1.53. The van der Waals surface area contributed by atoms with Gasteiger partial charge in [0.25, 0.3) is 0 Å². The second-order valence-electron chi connectivity index (χ2n) is 6.65. The highest BCUT2D eigenvalue weighted by Gasteiger charge is 2.26. The number of aromatic nitrogens is 3. The molecule has 1 aromatic carbocycles. The van der Waals surface area contributed by atoms with E-state index in [9.17, 15) is 0 Å². The van der Waals surface area contributed by atoms with Crippen LogP contribution in [-0.2, 0) is 11.2 Å². The Balaban J connectivity index is 1.56. The van der Waals surface area contributed by atoms with Crippen molar-refractivity contribution in [2.75, 3.05) is 19.1 Å². The van der Waals surface area contributed by atoms with E-state index in [4.69, 9.17) is 10.6 Å². The Morgan fingerprint density at radius 3 is 2.79 bits per heavy atom. The minimum Gasteiger partial charge on any atom is -0.381 e. The van der Waals surface area contributed by atoms with E-state index in [1.165, 1.54) is 36.8 Å². The molecule has 1 aliphatic carbocycles. The van der Waals surface area contributed by atoms with Crippen LogP contribution < -0.4 is 5.84 Å². The molecule has 1 aliphatic heterocycles. The van der Waals surface area contributed by atoms with Gasteiger partial charge in [-0.1, -0.05) is 42.4 Å². The molecule has 6 heteroatoms. The highest BCUT2D eigenvalue weighted by molar-refractivity contribution is 7.99. The van der Waals surface area contributed by atoms with Crippen LogP contribution in [0.25, 0.3) is 0 Å². The summed E-state index contributed by atoms with van der Waals surface area (Å²) in [5.41, 5.74) is 2.91. The van der Waals surface area contributed by atoms with Gasteiger partial charge < -0.3 is 10.6 Å². The lowest BCUT2D eigenvalue weighted by molar-refractivity contribution is 0.0830. The predicted molar refractivity (Wildman–Crippen MR) is 95.6 cm³/mol. The number of fused-ring (bicyclic) bond motifs is 1. The number of hydrogen-bond acceptors (Lipinski definition) is 5. The van der Waals surface area contributed by atoms with E-state index in [2.05, 4.69) is 34.5 Å². The Morgan fingerprint density at radius 2 is 1.92 bits per heavy atom. The Labute approximate surface area is 146 Å². The average Bonchev–Trinajstić information content (AvgIpc) is 2.86. The quantitative estimate of drug-likeness (QED) is 0.682. The molecule has 128 valence electrons. The van der Waals surface area contributed by atoms with Crippen molar-refractivity contribution in [2.45, 2.75) is 54.8 Å². The molecule has 2 N–H and O–H groups in total. The molecule has 1 atom stereocenters. The van der Waals surface area contributed by atoms with Gasteiger partial charge in [0.2, 0.25) is 5.16 Å². The number of aryl methyl sites for hydroxylation is 1. The van der Waals surface area contributed by atoms with E-state index in [-0.39, 0.29) is 0 Å². The van der Waals surface area contributed by atoms with Crippen molar-refractivity contribution >= 4 is 11.8 Å². The number of nitrogens with zero attached hydrogens (tertiary/aromatic N) is 3. The fourth-order valence-electron chi connectivity index (χ4n) is 3.73. The van der Waals surface area contributed by atoms with E-state index in [1.54, 1.807) is 16.4 Å². The van der Waals surface area contributed by atoms with Crippen LogP contribution in [0.15, 0.2) is 29.4 Å². The number of nitrogens with two attached hydrogens (primary N) is 1. The summed E-state index contributed by atoms with van der Waals surface area (Å²) in [6, 6.07) is 8.79. The first kappa shape index (κ1) is 16.0. The van der Waals surface area contributed by atoms with Crippen LogP contribution >= 0.6 is 11.8 Å². The van der Waals surface area contributed by atoms with Crippen LogP contribution in [0, 0.1) is 0 Å². The molecule has 1 unspecified atom stereocenters. The van der Waals surface area contributed by atoms with Crippen molar-refractivity contribution in [3.05, 3.63) is 41.2 Å². The first-order valence-corrected chi connectivity index (χ1v) is 9.73. The molecule has 1 saturated heterocycles. The topological polar surface area (TPSA) is 66.0 Å². The van der Waals surface area contributed by atoms with Gasteiger partial charge in [-0.3, -0.25) is 0 Å². The number of rotatable bonds is 3. The average molecular weight is 344 g/mol. The fraction of sp³-hybridized carbons (Fsp3) is 0.556. The van der Waals surface area contributed by atoms with Gasteiger partial charge in [0.05, 0.1) is 0 Å². The number of ether oxygens (including phenoxy) is 1. The molecule has 4 rings (SSSR count). The number of hydrogen-bond donors (Lipinski definition) is 1. The summed E-state index contributed by atoms with van der Waals surface area (Å²) in [6.45, 7) is 1.58. The van der Waals surface area contributed by atoms with Crippen molar-refractivity contribution in [3.63, 3.8) is 0 Å². The summed E-state index contributed by atoms with van der Waals surface area (Å²) >= 11 is 1.77. The monoisotopic (exact) mass is 344 g/mol. The van der Waals surface area contributed by atoms with Crippen molar-refractivity contribution in [1.29, 1.82) is 0 Å². The third-order valence-electron chi connectivity index (χ3n) is 5.09. The summed E-state index contributed by atoms with van der Waals surface area (Å²) in [7, 11) is 0. The maximum atomic E-state index is 6.34. The molecule has 5 nitrogen and oxygen atoms in total. The summed E-state index contributed by atoms with van der Waals surface area (Å²) in [5, 5.41) is 10.0. The van der Waals surface area contributed by atoms with Crippen LogP contribution in [0.2, 0.25) is 0 Å². The summed E-state index contributed by atoms with van der Waals surface area (Å²) in [6.07, 6.45) is 6.81. The lowest BCUT2D eigenvalue weighted by atomic mass is 10.00. The van der Waals surface area contributed by atoms with Crippen LogP contribution in [-0.4, -0.2) is 28.1 Å². The highest BCUT2D eigenvalue weighted by atomic mass is 32.2. The standard InChI is InChI=1S/C18H24N4OS/c19-22-17(14-9-11-23-12-10-14)20-21-18(22)24-16-8-4-2-6-13-5-1-3-7-15(13)16/h1,3,5,7,14,16H,2,4,6,8-12,19H2. The third kappa shape index (κ3) is 3.17. The second-order valence-corrected chi connectivity index (χ2v) is 7.82. The van der Waals surface area contributed by atoms with E-state index >= 15 is 0 Å². The Morgan fingerprint density at radius 1 is 1.08 bits per heavy atom. The smallest absolute Gasteiger partial charge is 0.210 e. The molecule has 2 aromatic rings. The highest BCUT2D eigenvalue weighted by Crippen LogP contribution is 2.42. The first-order chi connectivity index (χ1) is 11.8. The number of benzene rings is 1. The summed E-state index contributed by atoms with van der Waals surface area (Å²) < 4.78 is 7.16. The van der Waals surface area contributed by atoms with Gasteiger partial charge in [-0.05, 0) is 43.2 Å². The maximum Gasteiger partial charge on any atom is 0.210 e. The zero-order valence-electron chi connectivity index (χ0n) is 13.9. The summed E-state index contributed by atoms with van der Waals surface area (Å²) in [4.78, 5) is 0. The first-order valence-electron chi connectivity index (χ1n) is 8.85. The zero-order chi connectivity index (χ0) is 16.4. The summed E-state index contributed by atoms with van der Waals surface area (Å²) in [5.74, 6) is 7.61. The zero-order valence-corrected chi connectivity index (χ0v) is 14.7. The van der Waals surface area contributed by atoms with Crippen LogP contribution in [0.3, 0.4) is 0 Å². The molecule has 0 bridgehead atoms. The SMILES string of the molecule is Nn1c(SC2CCCCc3ccccc32)nnc1C1CCOCC1. The van der Waals surface area contributed by atoms with Crippen molar-refractivity contribution in [2.24, 2.45) is 0 Å². The van der Waals surface area contributed by atoms with E-state index < -0.39 is 0 Å². The lowest BCUT2D eigenvalue weighted by Crippen LogP contribution is -2.22. The van der Waals surface area contributed by atoms with Crippen LogP contribution in [0.1, 0.15) is 60.2 Å². The minimum atomic E-state index is 0.368. The van der Waals surface area contributed by atoms with E-state index in [0.29, 0.717) is 11.2 Å². The van der Waals surface area contributed by atoms with Gasteiger partial charge in [0.15, 0.2) is 5.82 Å². The fourth-order valence-corrected chi connectivity index (χ4v) is 4.92. The second kappa shape index (κ2) is 7.15. The largest absolute Gasteiger partial charge is 0.381 e. The van der Waals surface area contributed by atoms with E-state index in [1.807, 2.05) is 0 Å². The molecule has 0 amide bonds. The number of nitrogen functional groups attached to an aromatic ring is 1.